The Morgan fingerprint density at radius 2 is 1.85 bits per heavy atom. The Hall–Kier alpha value is -3.54. The van der Waals surface area contributed by atoms with Crippen molar-refractivity contribution in [1.29, 1.82) is 0 Å². The number of hydrogen-bond donors (Lipinski definition) is 1. The van der Waals surface area contributed by atoms with Crippen LogP contribution in [-0.4, -0.2) is 29.1 Å². The minimum Gasteiger partial charge on any atom is -0.495 e. The summed E-state index contributed by atoms with van der Waals surface area (Å²) in [6.07, 6.45) is 3.43. The van der Waals surface area contributed by atoms with E-state index in [1.54, 1.807) is 32.6 Å². The third kappa shape index (κ3) is 3.06. The summed E-state index contributed by atoms with van der Waals surface area (Å²) in [5.74, 6) is 1.50. The van der Waals surface area contributed by atoms with E-state index in [9.17, 15) is 4.39 Å². The molecular formula is C21H17FN4O. The van der Waals surface area contributed by atoms with Crippen LogP contribution < -0.4 is 10.1 Å². The zero-order chi connectivity index (χ0) is 18.8. The molecule has 2 aromatic heterocycles. The average Bonchev–Trinajstić information content (AvgIpc) is 2.72. The van der Waals surface area contributed by atoms with E-state index >= 15 is 0 Å². The van der Waals surface area contributed by atoms with Crippen LogP contribution in [0.5, 0.6) is 5.75 Å². The smallest absolute Gasteiger partial charge is 0.163 e. The number of fused-ring (bicyclic) bond motifs is 1. The number of nitrogens with one attached hydrogen (secondary N) is 1. The van der Waals surface area contributed by atoms with Crippen LogP contribution in [0.15, 0.2) is 60.9 Å². The zero-order valence-electron chi connectivity index (χ0n) is 14.9. The number of ether oxygens (including phenoxy) is 1. The van der Waals surface area contributed by atoms with Gasteiger partial charge in [-0.3, -0.25) is 4.98 Å². The third-order valence-electron chi connectivity index (χ3n) is 4.31. The summed E-state index contributed by atoms with van der Waals surface area (Å²) in [6, 6.07) is 13.9. The van der Waals surface area contributed by atoms with Gasteiger partial charge in [0.05, 0.1) is 18.0 Å². The molecule has 0 aliphatic rings. The second-order valence-corrected chi connectivity index (χ2v) is 5.94. The lowest BCUT2D eigenvalue weighted by molar-refractivity contribution is 0.421. The number of pyridine rings is 1. The molecule has 0 aliphatic heterocycles. The summed E-state index contributed by atoms with van der Waals surface area (Å²) in [5.41, 5.74) is 3.06. The summed E-state index contributed by atoms with van der Waals surface area (Å²) in [5, 5.41) is 3.86. The number of halogens is 1. The normalized spacial score (nSPS) is 10.8. The van der Waals surface area contributed by atoms with E-state index in [0.29, 0.717) is 17.4 Å². The lowest BCUT2D eigenvalue weighted by Gasteiger charge is -2.15. The van der Waals surface area contributed by atoms with Gasteiger partial charge in [0.25, 0.3) is 0 Å². The molecule has 2 aromatic carbocycles. The van der Waals surface area contributed by atoms with Gasteiger partial charge in [-0.1, -0.05) is 12.1 Å². The second kappa shape index (κ2) is 6.99. The number of benzene rings is 2. The molecule has 0 saturated carbocycles. The van der Waals surface area contributed by atoms with E-state index in [2.05, 4.69) is 20.3 Å². The molecule has 27 heavy (non-hydrogen) atoms. The number of rotatable bonds is 4. The fourth-order valence-corrected chi connectivity index (χ4v) is 3.10. The molecule has 5 nitrogen and oxygen atoms in total. The van der Waals surface area contributed by atoms with E-state index < -0.39 is 0 Å². The van der Waals surface area contributed by atoms with E-state index in [1.807, 2.05) is 30.3 Å². The SMILES string of the molecule is CNc1nc(-c2cccnc2)nc2ccc(-c3cccc(F)c3)c(OC)c12. The predicted molar refractivity (Wildman–Crippen MR) is 104 cm³/mol. The van der Waals surface area contributed by atoms with Crippen LogP contribution in [0, 0.1) is 5.82 Å². The monoisotopic (exact) mass is 360 g/mol. The highest BCUT2D eigenvalue weighted by atomic mass is 19.1. The molecule has 0 amide bonds. The van der Waals surface area contributed by atoms with Gasteiger partial charge in [0, 0.05) is 30.6 Å². The van der Waals surface area contributed by atoms with Crippen LogP contribution in [-0.2, 0) is 0 Å². The Bertz CT molecular complexity index is 1120. The molecule has 0 fully saturated rings. The van der Waals surface area contributed by atoms with Crippen LogP contribution >= 0.6 is 0 Å². The van der Waals surface area contributed by atoms with Crippen molar-refractivity contribution >= 4 is 16.7 Å². The van der Waals surface area contributed by atoms with Gasteiger partial charge in [-0.15, -0.1) is 0 Å². The molecule has 4 rings (SSSR count). The number of nitrogens with zero attached hydrogens (tertiary/aromatic N) is 3. The minimum absolute atomic E-state index is 0.299. The van der Waals surface area contributed by atoms with Crippen molar-refractivity contribution in [2.45, 2.75) is 0 Å². The number of aromatic nitrogens is 3. The van der Waals surface area contributed by atoms with Crippen LogP contribution in [0.25, 0.3) is 33.4 Å². The largest absolute Gasteiger partial charge is 0.495 e. The zero-order valence-corrected chi connectivity index (χ0v) is 14.9. The highest BCUT2D eigenvalue weighted by Crippen LogP contribution is 2.40. The van der Waals surface area contributed by atoms with Crippen LogP contribution in [0.2, 0.25) is 0 Å². The summed E-state index contributed by atoms with van der Waals surface area (Å²) in [4.78, 5) is 13.4. The molecular weight excluding hydrogens is 343 g/mol. The standard InChI is InChI=1S/C21H17FN4O/c1-23-21-18-17(25-20(26-21)14-6-4-10-24-12-14)9-8-16(19(18)27-2)13-5-3-7-15(22)11-13/h3-12H,1-2H3,(H,23,25,26). The number of methoxy groups -OCH3 is 1. The topological polar surface area (TPSA) is 59.9 Å². The van der Waals surface area contributed by atoms with E-state index in [1.165, 1.54) is 12.1 Å². The quantitative estimate of drug-likeness (QED) is 0.579. The van der Waals surface area contributed by atoms with Gasteiger partial charge in [0.15, 0.2) is 5.82 Å². The maximum absolute atomic E-state index is 13.7. The predicted octanol–water partition coefficient (Wildman–Crippen LogP) is 4.55. The molecule has 0 aliphatic carbocycles. The van der Waals surface area contributed by atoms with E-state index in [-0.39, 0.29) is 5.82 Å². The number of anilines is 1. The highest BCUT2D eigenvalue weighted by Gasteiger charge is 2.17. The first-order valence-corrected chi connectivity index (χ1v) is 8.44. The first-order valence-electron chi connectivity index (χ1n) is 8.44. The Balaban J connectivity index is 1.98. The van der Waals surface area contributed by atoms with Crippen molar-refractivity contribution in [3.05, 3.63) is 66.7 Å². The van der Waals surface area contributed by atoms with Crippen molar-refractivity contribution in [1.82, 2.24) is 15.0 Å². The van der Waals surface area contributed by atoms with Crippen LogP contribution in [0.3, 0.4) is 0 Å². The molecule has 0 bridgehead atoms. The molecule has 0 radical (unpaired) electrons. The van der Waals surface area contributed by atoms with Crippen molar-refractivity contribution in [2.75, 3.05) is 19.5 Å². The van der Waals surface area contributed by atoms with Crippen molar-refractivity contribution in [2.24, 2.45) is 0 Å². The maximum atomic E-state index is 13.7. The molecule has 4 aromatic rings. The fraction of sp³-hybridized carbons (Fsp3) is 0.0952. The minimum atomic E-state index is -0.299. The lowest BCUT2D eigenvalue weighted by Crippen LogP contribution is -2.01. The summed E-state index contributed by atoms with van der Waals surface area (Å²) in [6.45, 7) is 0. The van der Waals surface area contributed by atoms with E-state index in [0.717, 1.165) is 27.6 Å². The molecule has 1 N–H and O–H groups in total. The molecule has 2 heterocycles. The lowest BCUT2D eigenvalue weighted by atomic mass is 10.0. The third-order valence-corrected chi connectivity index (χ3v) is 4.31. The van der Waals surface area contributed by atoms with E-state index in [4.69, 9.17) is 4.74 Å². The number of hydrogen-bond acceptors (Lipinski definition) is 5. The molecule has 0 spiro atoms. The highest BCUT2D eigenvalue weighted by molar-refractivity contribution is 6.00. The Morgan fingerprint density at radius 1 is 1.00 bits per heavy atom. The van der Waals surface area contributed by atoms with Gasteiger partial charge in [-0.2, -0.15) is 0 Å². The van der Waals surface area contributed by atoms with Crippen molar-refractivity contribution in [3.8, 4) is 28.3 Å². The summed E-state index contributed by atoms with van der Waals surface area (Å²) >= 11 is 0. The second-order valence-electron chi connectivity index (χ2n) is 5.94. The van der Waals surface area contributed by atoms with Gasteiger partial charge in [-0.05, 0) is 42.0 Å². The molecule has 6 heteroatoms. The maximum Gasteiger partial charge on any atom is 0.163 e. The molecule has 134 valence electrons. The summed E-state index contributed by atoms with van der Waals surface area (Å²) in [7, 11) is 3.38. The molecule has 0 unspecified atom stereocenters. The van der Waals surface area contributed by atoms with Crippen molar-refractivity contribution < 1.29 is 9.13 Å². The molecule has 0 saturated heterocycles. The average molecular weight is 360 g/mol. The molecule has 0 atom stereocenters. The van der Waals surface area contributed by atoms with Crippen LogP contribution in [0.4, 0.5) is 10.2 Å². The van der Waals surface area contributed by atoms with Gasteiger partial charge >= 0.3 is 0 Å². The van der Waals surface area contributed by atoms with Crippen molar-refractivity contribution in [3.63, 3.8) is 0 Å². The Morgan fingerprint density at radius 3 is 2.56 bits per heavy atom. The first-order chi connectivity index (χ1) is 13.2. The summed E-state index contributed by atoms with van der Waals surface area (Å²) < 4.78 is 19.4. The van der Waals surface area contributed by atoms with Gasteiger partial charge in [-0.25, -0.2) is 14.4 Å². The first kappa shape index (κ1) is 16.9. The van der Waals surface area contributed by atoms with Gasteiger partial charge < -0.3 is 10.1 Å². The Kier molecular flexibility index (Phi) is 4.38. The van der Waals surface area contributed by atoms with Crippen LogP contribution in [0.1, 0.15) is 0 Å². The van der Waals surface area contributed by atoms with Gasteiger partial charge in [0.2, 0.25) is 0 Å². The van der Waals surface area contributed by atoms with Gasteiger partial charge in [0.1, 0.15) is 17.4 Å². The Labute approximate surface area is 155 Å². The fourth-order valence-electron chi connectivity index (χ4n) is 3.10.